The van der Waals surface area contributed by atoms with E-state index in [-0.39, 0.29) is 6.04 Å². The van der Waals surface area contributed by atoms with Crippen LogP contribution in [0.3, 0.4) is 0 Å². The van der Waals surface area contributed by atoms with Crippen molar-refractivity contribution < 1.29 is 14.6 Å². The van der Waals surface area contributed by atoms with E-state index in [2.05, 4.69) is 17.1 Å². The van der Waals surface area contributed by atoms with Crippen molar-refractivity contribution >= 4 is 5.97 Å². The average molecular weight is 270 g/mol. The molecule has 0 aromatic rings. The van der Waals surface area contributed by atoms with Gasteiger partial charge in [0.25, 0.3) is 0 Å². The number of nitrogens with one attached hydrogen (secondary N) is 1. The summed E-state index contributed by atoms with van der Waals surface area (Å²) in [4.78, 5) is 13.9. The Balaban J connectivity index is 1.91. The molecule has 1 aliphatic carbocycles. The molecule has 0 radical (unpaired) electrons. The Hall–Kier alpha value is -0.650. The summed E-state index contributed by atoms with van der Waals surface area (Å²) in [7, 11) is 1.74. The zero-order chi connectivity index (χ0) is 14.0. The van der Waals surface area contributed by atoms with Gasteiger partial charge < -0.3 is 9.84 Å². The van der Waals surface area contributed by atoms with Crippen LogP contribution in [0.2, 0.25) is 0 Å². The van der Waals surface area contributed by atoms with Crippen molar-refractivity contribution in [2.45, 2.75) is 63.3 Å². The van der Waals surface area contributed by atoms with E-state index in [4.69, 9.17) is 4.74 Å². The summed E-state index contributed by atoms with van der Waals surface area (Å²) >= 11 is 0. The minimum absolute atomic E-state index is 0.257. The van der Waals surface area contributed by atoms with E-state index in [0.29, 0.717) is 18.6 Å². The van der Waals surface area contributed by atoms with Crippen molar-refractivity contribution in [1.82, 2.24) is 10.2 Å². The van der Waals surface area contributed by atoms with Crippen molar-refractivity contribution in [2.24, 2.45) is 0 Å². The van der Waals surface area contributed by atoms with E-state index < -0.39 is 11.5 Å². The number of carboxylic acid groups (broad SMARTS) is 1. The Morgan fingerprint density at radius 1 is 1.53 bits per heavy atom. The number of carboxylic acids is 1. The van der Waals surface area contributed by atoms with E-state index in [0.717, 1.165) is 32.4 Å². The Kier molecular flexibility index (Phi) is 4.48. The second kappa shape index (κ2) is 5.77. The lowest BCUT2D eigenvalue weighted by molar-refractivity contribution is -0.145. The van der Waals surface area contributed by atoms with Gasteiger partial charge in [-0.3, -0.25) is 15.0 Å². The molecule has 110 valence electrons. The first kappa shape index (κ1) is 14.8. The predicted molar refractivity (Wildman–Crippen MR) is 73.3 cm³/mol. The van der Waals surface area contributed by atoms with Crippen LogP contribution in [0.25, 0.3) is 0 Å². The van der Waals surface area contributed by atoms with Gasteiger partial charge in [-0.25, -0.2) is 0 Å². The normalized spacial score (nSPS) is 29.1. The van der Waals surface area contributed by atoms with Gasteiger partial charge in [0.1, 0.15) is 5.54 Å². The number of hydrogen-bond donors (Lipinski definition) is 2. The zero-order valence-electron chi connectivity index (χ0n) is 12.2. The summed E-state index contributed by atoms with van der Waals surface area (Å²) in [6.45, 7) is 5.84. The molecule has 0 bridgehead atoms. The van der Waals surface area contributed by atoms with Gasteiger partial charge >= 0.3 is 5.97 Å². The molecule has 1 heterocycles. The Labute approximate surface area is 115 Å². The van der Waals surface area contributed by atoms with Gasteiger partial charge in [-0.05, 0) is 39.5 Å². The maximum atomic E-state index is 11.5. The van der Waals surface area contributed by atoms with Crippen molar-refractivity contribution in [3.8, 4) is 0 Å². The largest absolute Gasteiger partial charge is 0.480 e. The molecule has 3 unspecified atom stereocenters. The molecule has 1 saturated heterocycles. The molecule has 0 spiro atoms. The summed E-state index contributed by atoms with van der Waals surface area (Å²) in [5.74, 6) is -0.742. The molecular weight excluding hydrogens is 244 g/mol. The fourth-order valence-corrected chi connectivity index (χ4v) is 2.95. The quantitative estimate of drug-likeness (QED) is 0.725. The molecule has 0 amide bonds. The number of rotatable bonds is 7. The Bertz CT molecular complexity index is 333. The lowest BCUT2D eigenvalue weighted by Gasteiger charge is -2.33. The molecular formula is C14H26N2O3. The minimum atomic E-state index is -0.814. The number of ether oxygens (including phenoxy) is 1. The molecule has 0 aromatic heterocycles. The minimum Gasteiger partial charge on any atom is -0.480 e. The van der Waals surface area contributed by atoms with Crippen LogP contribution >= 0.6 is 0 Å². The number of carbonyl (C=O) groups is 1. The molecule has 2 aliphatic rings. The van der Waals surface area contributed by atoms with Crippen molar-refractivity contribution in [3.63, 3.8) is 0 Å². The summed E-state index contributed by atoms with van der Waals surface area (Å²) in [5.41, 5.74) is -0.814. The second-order valence-electron chi connectivity index (χ2n) is 6.25. The summed E-state index contributed by atoms with van der Waals surface area (Å²) in [5, 5.41) is 12.8. The highest BCUT2D eigenvalue weighted by atomic mass is 16.5. The Morgan fingerprint density at radius 3 is 2.68 bits per heavy atom. The molecule has 0 aromatic carbocycles. The summed E-state index contributed by atoms with van der Waals surface area (Å²) < 4.78 is 5.37. The summed E-state index contributed by atoms with van der Waals surface area (Å²) in [6.07, 6.45) is 4.19. The highest BCUT2D eigenvalue weighted by molar-refractivity contribution is 5.78. The smallest absolute Gasteiger partial charge is 0.323 e. The van der Waals surface area contributed by atoms with E-state index in [1.807, 2.05) is 6.92 Å². The fourth-order valence-electron chi connectivity index (χ4n) is 2.95. The molecule has 2 rings (SSSR count). The number of nitrogens with zero attached hydrogens (tertiary/aromatic N) is 1. The van der Waals surface area contributed by atoms with E-state index in [9.17, 15) is 9.90 Å². The molecule has 1 saturated carbocycles. The first-order valence-corrected chi connectivity index (χ1v) is 7.22. The molecule has 5 heteroatoms. The van der Waals surface area contributed by atoms with Crippen molar-refractivity contribution in [2.75, 3.05) is 20.2 Å². The number of likely N-dealkylation sites (tertiary alicyclic amines) is 1. The van der Waals surface area contributed by atoms with Crippen molar-refractivity contribution in [1.29, 1.82) is 0 Å². The third-order valence-electron chi connectivity index (χ3n) is 4.41. The van der Waals surface area contributed by atoms with Crippen LogP contribution in [0.5, 0.6) is 0 Å². The summed E-state index contributed by atoms with van der Waals surface area (Å²) in [6, 6.07) is 0.658. The highest BCUT2D eigenvalue weighted by Gasteiger charge is 2.41. The van der Waals surface area contributed by atoms with Gasteiger partial charge in [-0.2, -0.15) is 0 Å². The molecule has 1 aliphatic heterocycles. The predicted octanol–water partition coefficient (Wildman–Crippen LogP) is 1.08. The third-order valence-corrected chi connectivity index (χ3v) is 4.41. The lowest BCUT2D eigenvalue weighted by Crippen LogP contribution is -2.54. The first-order chi connectivity index (χ1) is 8.94. The van der Waals surface area contributed by atoms with Crippen LogP contribution in [0.15, 0.2) is 0 Å². The maximum Gasteiger partial charge on any atom is 0.323 e. The van der Waals surface area contributed by atoms with Gasteiger partial charge in [0, 0.05) is 32.3 Å². The zero-order valence-corrected chi connectivity index (χ0v) is 12.2. The molecule has 3 atom stereocenters. The number of methoxy groups -OCH3 is 1. The SMILES string of the molecule is COC1CCN(C(C)CC(C)(NC2CC2)C(=O)O)C1. The van der Waals surface area contributed by atoms with E-state index in [1.54, 1.807) is 7.11 Å². The van der Waals surface area contributed by atoms with Crippen LogP contribution in [0.1, 0.15) is 39.5 Å². The fraction of sp³-hybridized carbons (Fsp3) is 0.929. The monoisotopic (exact) mass is 270 g/mol. The van der Waals surface area contributed by atoms with Gasteiger partial charge in [-0.1, -0.05) is 0 Å². The lowest BCUT2D eigenvalue weighted by atomic mass is 9.92. The van der Waals surface area contributed by atoms with Gasteiger partial charge in [0.2, 0.25) is 0 Å². The second-order valence-corrected chi connectivity index (χ2v) is 6.25. The third kappa shape index (κ3) is 3.68. The maximum absolute atomic E-state index is 11.5. The molecule has 5 nitrogen and oxygen atoms in total. The van der Waals surface area contributed by atoms with Crippen LogP contribution in [0, 0.1) is 0 Å². The van der Waals surface area contributed by atoms with Gasteiger partial charge in [-0.15, -0.1) is 0 Å². The highest BCUT2D eigenvalue weighted by Crippen LogP contribution is 2.27. The van der Waals surface area contributed by atoms with Crippen LogP contribution in [-0.2, 0) is 9.53 Å². The molecule has 2 fully saturated rings. The number of hydrogen-bond acceptors (Lipinski definition) is 4. The van der Waals surface area contributed by atoms with Crippen molar-refractivity contribution in [3.05, 3.63) is 0 Å². The van der Waals surface area contributed by atoms with Crippen LogP contribution in [0.4, 0.5) is 0 Å². The van der Waals surface area contributed by atoms with Gasteiger partial charge in [0.15, 0.2) is 0 Å². The average Bonchev–Trinajstić information content (AvgIpc) is 3.02. The van der Waals surface area contributed by atoms with E-state index >= 15 is 0 Å². The molecule has 2 N–H and O–H groups in total. The van der Waals surface area contributed by atoms with Crippen LogP contribution in [-0.4, -0.2) is 59.9 Å². The molecule has 19 heavy (non-hydrogen) atoms. The van der Waals surface area contributed by atoms with E-state index in [1.165, 1.54) is 0 Å². The Morgan fingerprint density at radius 2 is 2.21 bits per heavy atom. The number of aliphatic carboxylic acids is 1. The first-order valence-electron chi connectivity index (χ1n) is 7.22. The van der Waals surface area contributed by atoms with Gasteiger partial charge in [0.05, 0.1) is 6.10 Å². The topological polar surface area (TPSA) is 61.8 Å². The standard InChI is InChI=1S/C14H26N2O3/c1-10(16-7-6-12(9-16)19-3)8-14(2,13(17)18)15-11-4-5-11/h10-12,15H,4-9H2,1-3H3,(H,17,18). The van der Waals surface area contributed by atoms with Crippen LogP contribution < -0.4 is 5.32 Å².